The standard InChI is InChI=1S/C36H44F2/c1-3-5-7-9-11-13-15-17-23-33-27-25-31(29-35(33)37)21-19-20-22-32-26-28-34(36(38)30-32)24-18-16-14-12-10-8-6-4-2/h17-18,23-30H,3-16H2,1-2H3/b23-17+,24-18+. The quantitative estimate of drug-likeness (QED) is 0.154. The van der Waals surface area contributed by atoms with Crippen LogP contribution in [0.2, 0.25) is 0 Å². The first-order valence-electron chi connectivity index (χ1n) is 14.6. The molecule has 0 N–H and O–H groups in total. The van der Waals surface area contributed by atoms with Crippen LogP contribution in [-0.2, 0) is 0 Å². The van der Waals surface area contributed by atoms with Crippen LogP contribution >= 0.6 is 0 Å². The lowest BCUT2D eigenvalue weighted by atomic mass is 10.1. The van der Waals surface area contributed by atoms with E-state index in [-0.39, 0.29) is 11.6 Å². The molecule has 0 aromatic heterocycles. The van der Waals surface area contributed by atoms with Gasteiger partial charge >= 0.3 is 0 Å². The topological polar surface area (TPSA) is 0 Å². The van der Waals surface area contributed by atoms with E-state index in [0.717, 1.165) is 25.7 Å². The summed E-state index contributed by atoms with van der Waals surface area (Å²) in [6.45, 7) is 4.44. The minimum atomic E-state index is -0.286. The zero-order chi connectivity index (χ0) is 27.3. The molecule has 0 spiro atoms. The van der Waals surface area contributed by atoms with Crippen LogP contribution in [0.5, 0.6) is 0 Å². The molecule has 2 aromatic carbocycles. The molecule has 0 heterocycles. The Kier molecular flexibility index (Phi) is 16.3. The van der Waals surface area contributed by atoms with Crippen molar-refractivity contribution in [2.45, 2.75) is 104 Å². The Balaban J connectivity index is 1.81. The minimum absolute atomic E-state index is 0.286. The average molecular weight is 515 g/mol. The largest absolute Gasteiger partial charge is 0.206 e. The molecule has 0 fully saturated rings. The van der Waals surface area contributed by atoms with Gasteiger partial charge in [0, 0.05) is 22.3 Å². The molecule has 2 aromatic rings. The summed E-state index contributed by atoms with van der Waals surface area (Å²) >= 11 is 0. The van der Waals surface area contributed by atoms with Crippen LogP contribution in [0.4, 0.5) is 8.78 Å². The van der Waals surface area contributed by atoms with E-state index < -0.39 is 0 Å². The molecule has 0 nitrogen and oxygen atoms in total. The van der Waals surface area contributed by atoms with Gasteiger partial charge in [0.2, 0.25) is 0 Å². The van der Waals surface area contributed by atoms with Crippen molar-refractivity contribution < 1.29 is 8.78 Å². The van der Waals surface area contributed by atoms with Crippen molar-refractivity contribution in [2.75, 3.05) is 0 Å². The van der Waals surface area contributed by atoms with E-state index in [4.69, 9.17) is 0 Å². The van der Waals surface area contributed by atoms with E-state index in [2.05, 4.69) is 37.5 Å². The summed E-state index contributed by atoms with van der Waals surface area (Å²) in [7, 11) is 0. The number of hydrogen-bond donors (Lipinski definition) is 0. The highest BCUT2D eigenvalue weighted by Crippen LogP contribution is 2.15. The molecular formula is C36H44F2. The van der Waals surface area contributed by atoms with Crippen molar-refractivity contribution in [3.8, 4) is 23.7 Å². The van der Waals surface area contributed by atoms with Gasteiger partial charge in [-0.25, -0.2) is 8.78 Å². The highest BCUT2D eigenvalue weighted by molar-refractivity contribution is 5.55. The molecule has 0 bridgehead atoms. The first-order valence-corrected chi connectivity index (χ1v) is 14.6. The van der Waals surface area contributed by atoms with Crippen LogP contribution in [0.1, 0.15) is 126 Å². The SMILES string of the molecule is CCCCCCCC/C=C/c1ccc(C#CC#Cc2ccc(/C=C/CCCCCCCC)c(F)c2)cc1F. The Bertz CT molecular complexity index is 1040. The van der Waals surface area contributed by atoms with Crippen molar-refractivity contribution in [3.05, 3.63) is 82.4 Å². The van der Waals surface area contributed by atoms with Crippen LogP contribution in [0.15, 0.2) is 48.6 Å². The van der Waals surface area contributed by atoms with Gasteiger partial charge in [-0.3, -0.25) is 0 Å². The molecule has 0 saturated heterocycles. The van der Waals surface area contributed by atoms with Gasteiger partial charge in [0.25, 0.3) is 0 Å². The first-order chi connectivity index (χ1) is 18.6. The Morgan fingerprint density at radius 3 is 1.34 bits per heavy atom. The Hall–Kier alpha value is -3.10. The predicted octanol–water partition coefficient (Wildman–Crippen LogP) is 10.9. The number of unbranched alkanes of at least 4 members (excludes halogenated alkanes) is 12. The second-order valence-corrected chi connectivity index (χ2v) is 9.89. The molecule has 0 radical (unpaired) electrons. The third kappa shape index (κ3) is 13.4. The van der Waals surface area contributed by atoms with E-state index >= 15 is 0 Å². The van der Waals surface area contributed by atoms with Crippen molar-refractivity contribution in [1.82, 2.24) is 0 Å². The fourth-order valence-electron chi connectivity index (χ4n) is 4.19. The second kappa shape index (κ2) is 19.9. The molecule has 38 heavy (non-hydrogen) atoms. The van der Waals surface area contributed by atoms with Crippen molar-refractivity contribution in [3.63, 3.8) is 0 Å². The van der Waals surface area contributed by atoms with E-state index in [1.165, 1.54) is 76.3 Å². The van der Waals surface area contributed by atoms with Gasteiger partial charge in [0.15, 0.2) is 0 Å². The number of hydrogen-bond acceptors (Lipinski definition) is 0. The molecule has 0 unspecified atom stereocenters. The highest BCUT2D eigenvalue weighted by Gasteiger charge is 2.00. The van der Waals surface area contributed by atoms with Crippen LogP contribution in [0, 0.1) is 35.3 Å². The Labute approximate surface area is 230 Å². The fourth-order valence-corrected chi connectivity index (χ4v) is 4.19. The summed E-state index contributed by atoms with van der Waals surface area (Å²) in [5.41, 5.74) is 2.29. The molecule has 0 saturated carbocycles. The van der Waals surface area contributed by atoms with Gasteiger partial charge in [0.05, 0.1) is 0 Å². The third-order valence-corrected chi connectivity index (χ3v) is 6.52. The molecular weight excluding hydrogens is 470 g/mol. The molecule has 0 aliphatic rings. The van der Waals surface area contributed by atoms with Gasteiger partial charge in [-0.15, -0.1) is 0 Å². The van der Waals surface area contributed by atoms with Crippen LogP contribution in [0.25, 0.3) is 12.2 Å². The molecule has 2 heteroatoms. The summed E-state index contributed by atoms with van der Waals surface area (Å²) in [6.07, 6.45) is 24.8. The lowest BCUT2D eigenvalue weighted by molar-refractivity contribution is 0.611. The Morgan fingerprint density at radius 2 is 0.947 bits per heavy atom. The molecule has 0 aliphatic heterocycles. The second-order valence-electron chi connectivity index (χ2n) is 9.89. The number of benzene rings is 2. The van der Waals surface area contributed by atoms with Gasteiger partial charge in [-0.2, -0.15) is 0 Å². The number of halogens is 2. The maximum absolute atomic E-state index is 14.4. The zero-order valence-corrected chi connectivity index (χ0v) is 23.4. The number of rotatable bonds is 16. The van der Waals surface area contributed by atoms with Crippen molar-refractivity contribution in [2.24, 2.45) is 0 Å². The van der Waals surface area contributed by atoms with Crippen LogP contribution < -0.4 is 0 Å². The number of allylic oxidation sites excluding steroid dienone is 2. The summed E-state index contributed by atoms with van der Waals surface area (Å²) in [5.74, 6) is 10.7. The zero-order valence-electron chi connectivity index (χ0n) is 23.4. The third-order valence-electron chi connectivity index (χ3n) is 6.52. The van der Waals surface area contributed by atoms with Crippen molar-refractivity contribution in [1.29, 1.82) is 0 Å². The fraction of sp³-hybridized carbons (Fsp3) is 0.444. The van der Waals surface area contributed by atoms with E-state index in [1.54, 1.807) is 24.3 Å². The van der Waals surface area contributed by atoms with E-state index in [9.17, 15) is 8.78 Å². The maximum atomic E-state index is 14.4. The molecule has 0 aliphatic carbocycles. The van der Waals surface area contributed by atoms with Gasteiger partial charge in [-0.05, 0) is 61.8 Å². The summed E-state index contributed by atoms with van der Waals surface area (Å²) in [5, 5.41) is 0. The van der Waals surface area contributed by atoms with Gasteiger partial charge in [0.1, 0.15) is 11.6 Å². The predicted molar refractivity (Wildman–Crippen MR) is 161 cm³/mol. The monoisotopic (exact) mass is 514 g/mol. The lowest BCUT2D eigenvalue weighted by Gasteiger charge is -1.99. The molecule has 2 rings (SSSR count). The highest BCUT2D eigenvalue weighted by atomic mass is 19.1. The average Bonchev–Trinajstić information content (AvgIpc) is 2.91. The molecule has 202 valence electrons. The van der Waals surface area contributed by atoms with E-state index in [0.29, 0.717) is 22.3 Å². The summed E-state index contributed by atoms with van der Waals surface area (Å²) in [4.78, 5) is 0. The summed E-state index contributed by atoms with van der Waals surface area (Å²) < 4.78 is 28.8. The summed E-state index contributed by atoms with van der Waals surface area (Å²) in [6, 6.07) is 9.97. The van der Waals surface area contributed by atoms with Crippen molar-refractivity contribution >= 4 is 12.2 Å². The first kappa shape index (κ1) is 31.1. The molecule has 0 atom stereocenters. The lowest BCUT2D eigenvalue weighted by Crippen LogP contribution is -1.85. The minimum Gasteiger partial charge on any atom is -0.206 e. The van der Waals surface area contributed by atoms with Gasteiger partial charge < -0.3 is 0 Å². The smallest absolute Gasteiger partial charge is 0.131 e. The van der Waals surface area contributed by atoms with Gasteiger partial charge in [-0.1, -0.05) is 126 Å². The maximum Gasteiger partial charge on any atom is 0.131 e. The molecule has 0 amide bonds. The van der Waals surface area contributed by atoms with E-state index in [1.807, 2.05) is 24.3 Å². The Morgan fingerprint density at radius 1 is 0.553 bits per heavy atom. The van der Waals surface area contributed by atoms with Crippen LogP contribution in [0.3, 0.4) is 0 Å². The van der Waals surface area contributed by atoms with Crippen LogP contribution in [-0.4, -0.2) is 0 Å². The normalized spacial score (nSPS) is 10.9.